The molecule has 8 rings (SSSR count). The summed E-state index contributed by atoms with van der Waals surface area (Å²) in [7, 11) is -5.92. The molecule has 65 heavy (non-hydrogen) atoms. The number of rotatable bonds is 12. The average molecular weight is 939 g/mol. The Bertz CT molecular complexity index is 2610. The van der Waals surface area contributed by atoms with Gasteiger partial charge in [-0.1, -0.05) is 65.5 Å². The van der Waals surface area contributed by atoms with Crippen molar-refractivity contribution >= 4 is 44.0 Å². The molecule has 2 aliphatic carbocycles. The van der Waals surface area contributed by atoms with E-state index < -0.39 is 27.2 Å². The van der Waals surface area contributed by atoms with E-state index in [1.54, 1.807) is 48.5 Å². The van der Waals surface area contributed by atoms with E-state index in [-0.39, 0.29) is 42.1 Å². The number of nitrogens with zero attached hydrogens (tertiary/aromatic N) is 7. The Balaban J connectivity index is 0.000000234. The molecule has 2 saturated carbocycles. The fourth-order valence-corrected chi connectivity index (χ4v) is 8.60. The van der Waals surface area contributed by atoms with Crippen molar-refractivity contribution in [1.82, 2.24) is 50.3 Å². The highest BCUT2D eigenvalue weighted by molar-refractivity contribution is 7.89. The molecule has 2 fully saturated rings. The Morgan fingerprint density at radius 3 is 1.54 bits per heavy atom. The summed E-state index contributed by atoms with van der Waals surface area (Å²) in [6.07, 6.45) is 11.6. The summed E-state index contributed by atoms with van der Waals surface area (Å²) in [5.74, 6) is -0.0883. The minimum Gasteiger partial charge on any atom is -0.423 e. The van der Waals surface area contributed by atoms with Gasteiger partial charge in [0.15, 0.2) is 0 Å². The predicted octanol–water partition coefficient (Wildman–Crippen LogP) is 5.42. The van der Waals surface area contributed by atoms with Gasteiger partial charge in [-0.25, -0.2) is 35.1 Å². The third-order valence-electron chi connectivity index (χ3n) is 10.5. The number of sulfonamides is 2. The standard InChI is InChI=1S/C20H23FN6O2S.C14H20N6O2S.C6H6BFO2.2CH4/c1-22-30(28,29)17-11-12-19(23-15-5-3-2-4-6-15)18(13-17)20-24-26-27(25-20)16-9-7-14(21)8-10-16;1-15-23(21,22)11-7-8-13(16-10-5-3-2-4-6-10)12(9-11)14-17-19-20-18-14;8-6-3-1-5(2-4-6)7(9)10;;/h7-13,15,22-23H,2-6H2,1H3;7-10,15-16H,2-6H2,1H3,(H,17,18,19,20);1-4,9-10H;2*1H4. The molecular formula is C42H57BF2N12O6S2. The van der Waals surface area contributed by atoms with Crippen molar-refractivity contribution in [2.75, 3.05) is 24.7 Å². The molecule has 350 valence electrons. The van der Waals surface area contributed by atoms with E-state index in [9.17, 15) is 25.6 Å². The number of hydrogen-bond acceptors (Lipinski definition) is 14. The lowest BCUT2D eigenvalue weighted by Crippen LogP contribution is -2.29. The second-order valence-corrected chi connectivity index (χ2v) is 18.6. The van der Waals surface area contributed by atoms with Crippen LogP contribution in [-0.4, -0.2) is 101 Å². The van der Waals surface area contributed by atoms with Gasteiger partial charge in [0, 0.05) is 34.6 Å². The van der Waals surface area contributed by atoms with Crippen molar-refractivity contribution in [2.24, 2.45) is 0 Å². The fourth-order valence-electron chi connectivity index (χ4n) is 7.09. The molecule has 2 aromatic heterocycles. The van der Waals surface area contributed by atoms with Crippen LogP contribution >= 0.6 is 0 Å². The number of anilines is 2. The Kier molecular flexibility index (Phi) is 19.2. The SMILES string of the molecule is C.C.CNS(=O)(=O)c1ccc(NC2CCCCC2)c(-c2nn[nH]n2)c1.CNS(=O)(=O)c1ccc(NC2CCCCC2)c(-c2nnn(-c3ccc(F)cc3)n2)c1.OB(O)c1ccc(F)cc1. The van der Waals surface area contributed by atoms with Gasteiger partial charge in [0.25, 0.3) is 0 Å². The first kappa shape index (κ1) is 51.9. The van der Waals surface area contributed by atoms with E-state index in [1.165, 1.54) is 81.0 Å². The number of H-pyrrole nitrogens is 1. The van der Waals surface area contributed by atoms with Gasteiger partial charge in [-0.05, 0) is 128 Å². The van der Waals surface area contributed by atoms with Gasteiger partial charge in [0.1, 0.15) is 11.6 Å². The Hall–Kier alpha value is -5.72. The molecule has 0 atom stereocenters. The van der Waals surface area contributed by atoms with Crippen LogP contribution in [0.5, 0.6) is 0 Å². The quantitative estimate of drug-likeness (QED) is 0.0757. The van der Waals surface area contributed by atoms with Crippen LogP contribution in [0.4, 0.5) is 20.2 Å². The van der Waals surface area contributed by atoms with Gasteiger partial charge < -0.3 is 20.7 Å². The van der Waals surface area contributed by atoms with Crippen molar-refractivity contribution < 1.29 is 35.7 Å². The number of tetrazole rings is 2. The van der Waals surface area contributed by atoms with E-state index in [2.05, 4.69) is 56.1 Å². The molecular weight excluding hydrogens is 881 g/mol. The summed E-state index contributed by atoms with van der Waals surface area (Å²) in [4.78, 5) is 1.58. The zero-order valence-electron chi connectivity index (χ0n) is 34.6. The Morgan fingerprint density at radius 1 is 0.646 bits per heavy atom. The van der Waals surface area contributed by atoms with Gasteiger partial charge in [0.05, 0.1) is 15.5 Å². The third kappa shape index (κ3) is 14.1. The second kappa shape index (κ2) is 24.0. The van der Waals surface area contributed by atoms with Crippen LogP contribution in [0, 0.1) is 11.6 Å². The van der Waals surface area contributed by atoms with Crippen molar-refractivity contribution in [2.45, 2.75) is 101 Å². The lowest BCUT2D eigenvalue weighted by atomic mass is 9.80. The minimum absolute atomic E-state index is 0. The number of aromatic amines is 1. The summed E-state index contributed by atoms with van der Waals surface area (Å²) in [5, 5.41) is 50.6. The highest BCUT2D eigenvalue weighted by Gasteiger charge is 2.22. The summed E-state index contributed by atoms with van der Waals surface area (Å²) < 4.78 is 78.7. The first-order valence-corrected chi connectivity index (χ1v) is 23.3. The molecule has 0 spiro atoms. The second-order valence-electron chi connectivity index (χ2n) is 14.8. The third-order valence-corrected chi connectivity index (χ3v) is 13.4. The summed E-state index contributed by atoms with van der Waals surface area (Å²) in [6, 6.07) is 21.2. The maximum atomic E-state index is 13.2. The monoisotopic (exact) mass is 938 g/mol. The molecule has 0 radical (unpaired) electrons. The molecule has 2 aliphatic rings. The van der Waals surface area contributed by atoms with Gasteiger partial charge in [-0.2, -0.15) is 5.21 Å². The number of aromatic nitrogens is 8. The van der Waals surface area contributed by atoms with E-state index in [0.717, 1.165) is 49.9 Å². The number of nitrogens with one attached hydrogen (secondary N) is 5. The lowest BCUT2D eigenvalue weighted by molar-refractivity contribution is 0.425. The highest BCUT2D eigenvalue weighted by atomic mass is 32.2. The van der Waals surface area contributed by atoms with Gasteiger partial charge in [0.2, 0.25) is 31.7 Å². The molecule has 0 bridgehead atoms. The van der Waals surface area contributed by atoms with Crippen molar-refractivity contribution in [3.8, 4) is 28.5 Å². The molecule has 18 nitrogen and oxygen atoms in total. The van der Waals surface area contributed by atoms with Crippen LogP contribution in [0.3, 0.4) is 0 Å². The molecule has 6 aromatic rings. The first-order chi connectivity index (χ1) is 30.3. The molecule has 0 saturated heterocycles. The van der Waals surface area contributed by atoms with Crippen molar-refractivity contribution in [3.63, 3.8) is 0 Å². The number of hydrogen-bond donors (Lipinski definition) is 7. The van der Waals surface area contributed by atoms with Crippen LogP contribution in [0.1, 0.15) is 79.1 Å². The smallest absolute Gasteiger partial charge is 0.423 e. The molecule has 0 amide bonds. The van der Waals surface area contributed by atoms with Crippen LogP contribution in [0.25, 0.3) is 28.5 Å². The molecule has 23 heteroatoms. The molecule has 7 N–H and O–H groups in total. The largest absolute Gasteiger partial charge is 0.488 e. The van der Waals surface area contributed by atoms with Crippen LogP contribution in [-0.2, 0) is 20.0 Å². The van der Waals surface area contributed by atoms with Gasteiger partial charge in [-0.15, -0.1) is 25.2 Å². The highest BCUT2D eigenvalue weighted by Crippen LogP contribution is 2.32. The van der Waals surface area contributed by atoms with Crippen LogP contribution in [0.2, 0.25) is 0 Å². The lowest BCUT2D eigenvalue weighted by Gasteiger charge is -2.25. The summed E-state index contributed by atoms with van der Waals surface area (Å²) in [5.41, 5.74) is 3.60. The minimum atomic E-state index is -3.63. The Labute approximate surface area is 379 Å². The predicted molar refractivity (Wildman–Crippen MR) is 247 cm³/mol. The zero-order valence-corrected chi connectivity index (χ0v) is 36.2. The summed E-state index contributed by atoms with van der Waals surface area (Å²) >= 11 is 0. The van der Waals surface area contributed by atoms with Crippen LogP contribution < -0.4 is 25.5 Å². The van der Waals surface area contributed by atoms with Crippen molar-refractivity contribution in [3.05, 3.63) is 96.6 Å². The van der Waals surface area contributed by atoms with Gasteiger partial charge in [-0.3, -0.25) is 0 Å². The molecule has 2 heterocycles. The fraction of sp³-hybridized carbons (Fsp3) is 0.381. The number of benzene rings is 4. The maximum Gasteiger partial charge on any atom is 0.488 e. The van der Waals surface area contributed by atoms with Crippen molar-refractivity contribution in [1.29, 1.82) is 0 Å². The molecule has 4 aromatic carbocycles. The Morgan fingerprint density at radius 2 is 1.11 bits per heavy atom. The van der Waals surface area contributed by atoms with E-state index >= 15 is 0 Å². The van der Waals surface area contributed by atoms with Gasteiger partial charge >= 0.3 is 7.12 Å². The molecule has 0 aliphatic heterocycles. The zero-order chi connectivity index (χ0) is 45.0. The molecule has 0 unspecified atom stereocenters. The van der Waals surface area contributed by atoms with E-state index in [4.69, 9.17) is 10.0 Å². The normalized spacial score (nSPS) is 14.3. The maximum absolute atomic E-state index is 13.2. The first-order valence-electron chi connectivity index (χ1n) is 20.4. The number of halogens is 2. The van der Waals surface area contributed by atoms with E-state index in [1.807, 2.05) is 0 Å². The van der Waals surface area contributed by atoms with Crippen LogP contribution in [0.15, 0.2) is 94.7 Å². The average Bonchev–Trinajstić information content (AvgIpc) is 4.02. The van der Waals surface area contributed by atoms with E-state index in [0.29, 0.717) is 40.2 Å². The topological polar surface area (TPSA) is 255 Å². The summed E-state index contributed by atoms with van der Waals surface area (Å²) in [6.45, 7) is 0.